The van der Waals surface area contributed by atoms with Crippen molar-refractivity contribution >= 4 is 21.6 Å². The summed E-state index contributed by atoms with van der Waals surface area (Å²) < 4.78 is 20.0. The standard InChI is InChI=1S/C17H17BrFNO/c1-21-15-6-7-16(19)17(10-15)20-14-8-12(9-14)11-2-4-13(18)5-3-11/h2-7,10,12,14,20H,8-9H2,1H3. The summed E-state index contributed by atoms with van der Waals surface area (Å²) in [5.74, 6) is 0.995. The Labute approximate surface area is 132 Å². The number of nitrogens with one attached hydrogen (secondary N) is 1. The van der Waals surface area contributed by atoms with Crippen molar-refractivity contribution in [2.75, 3.05) is 12.4 Å². The van der Waals surface area contributed by atoms with Gasteiger partial charge in [-0.1, -0.05) is 28.1 Å². The van der Waals surface area contributed by atoms with E-state index in [1.807, 2.05) is 0 Å². The molecular formula is C17H17BrFNO. The molecule has 0 bridgehead atoms. The highest BCUT2D eigenvalue weighted by atomic mass is 79.9. The Kier molecular flexibility index (Phi) is 4.15. The van der Waals surface area contributed by atoms with Crippen molar-refractivity contribution in [1.29, 1.82) is 0 Å². The molecule has 0 heterocycles. The van der Waals surface area contributed by atoms with Gasteiger partial charge in [0.15, 0.2) is 0 Å². The predicted octanol–water partition coefficient (Wildman–Crippen LogP) is 4.95. The fourth-order valence-electron chi connectivity index (χ4n) is 2.70. The van der Waals surface area contributed by atoms with Gasteiger partial charge in [-0.05, 0) is 48.6 Å². The van der Waals surface area contributed by atoms with Crippen LogP contribution in [0.2, 0.25) is 0 Å². The van der Waals surface area contributed by atoms with Gasteiger partial charge in [-0.15, -0.1) is 0 Å². The fourth-order valence-corrected chi connectivity index (χ4v) is 2.97. The largest absolute Gasteiger partial charge is 0.497 e. The van der Waals surface area contributed by atoms with Crippen LogP contribution >= 0.6 is 15.9 Å². The molecule has 0 unspecified atom stereocenters. The molecule has 3 rings (SSSR count). The van der Waals surface area contributed by atoms with E-state index in [1.54, 1.807) is 19.2 Å². The third-order valence-electron chi connectivity index (χ3n) is 4.01. The van der Waals surface area contributed by atoms with Gasteiger partial charge in [0.05, 0.1) is 12.8 Å². The lowest BCUT2D eigenvalue weighted by molar-refractivity contribution is 0.372. The molecule has 2 aromatic carbocycles. The van der Waals surface area contributed by atoms with Gasteiger partial charge >= 0.3 is 0 Å². The quantitative estimate of drug-likeness (QED) is 0.842. The maximum absolute atomic E-state index is 13.8. The van der Waals surface area contributed by atoms with E-state index in [2.05, 4.69) is 45.5 Å². The van der Waals surface area contributed by atoms with E-state index in [0.717, 1.165) is 17.3 Å². The lowest BCUT2D eigenvalue weighted by atomic mass is 9.76. The molecule has 1 N–H and O–H groups in total. The normalized spacial score (nSPS) is 20.7. The van der Waals surface area contributed by atoms with Crippen molar-refractivity contribution in [3.63, 3.8) is 0 Å². The minimum absolute atomic E-state index is 0.233. The first kappa shape index (κ1) is 14.4. The van der Waals surface area contributed by atoms with Crippen molar-refractivity contribution in [1.82, 2.24) is 0 Å². The molecule has 1 fully saturated rings. The van der Waals surface area contributed by atoms with Gasteiger partial charge < -0.3 is 10.1 Å². The highest BCUT2D eigenvalue weighted by Gasteiger charge is 2.30. The molecule has 110 valence electrons. The van der Waals surface area contributed by atoms with Gasteiger partial charge in [0.1, 0.15) is 11.6 Å². The van der Waals surface area contributed by atoms with Crippen molar-refractivity contribution in [2.24, 2.45) is 0 Å². The maximum Gasteiger partial charge on any atom is 0.146 e. The van der Waals surface area contributed by atoms with Crippen LogP contribution in [0.4, 0.5) is 10.1 Å². The van der Waals surface area contributed by atoms with Gasteiger partial charge in [-0.3, -0.25) is 0 Å². The summed E-state index contributed by atoms with van der Waals surface area (Å²) in [6, 6.07) is 13.5. The number of halogens is 2. The van der Waals surface area contributed by atoms with Crippen LogP contribution in [0.25, 0.3) is 0 Å². The molecule has 0 aromatic heterocycles. The molecule has 0 aliphatic heterocycles. The topological polar surface area (TPSA) is 21.3 Å². The monoisotopic (exact) mass is 349 g/mol. The highest BCUT2D eigenvalue weighted by molar-refractivity contribution is 9.10. The van der Waals surface area contributed by atoms with Crippen molar-refractivity contribution < 1.29 is 9.13 Å². The molecule has 0 atom stereocenters. The molecule has 2 nitrogen and oxygen atoms in total. The summed E-state index contributed by atoms with van der Waals surface area (Å²) >= 11 is 3.45. The smallest absolute Gasteiger partial charge is 0.146 e. The van der Waals surface area contributed by atoms with Gasteiger partial charge in [0, 0.05) is 16.6 Å². The molecule has 0 amide bonds. The second kappa shape index (κ2) is 6.06. The zero-order chi connectivity index (χ0) is 14.8. The Bertz CT molecular complexity index is 623. The van der Waals surface area contributed by atoms with Gasteiger partial charge in [0.25, 0.3) is 0 Å². The molecule has 4 heteroatoms. The SMILES string of the molecule is COc1ccc(F)c(NC2CC(c3ccc(Br)cc3)C2)c1. The van der Waals surface area contributed by atoms with Gasteiger partial charge in [0.2, 0.25) is 0 Å². The maximum atomic E-state index is 13.8. The van der Waals surface area contributed by atoms with E-state index in [1.165, 1.54) is 11.6 Å². The van der Waals surface area contributed by atoms with E-state index in [0.29, 0.717) is 23.4 Å². The molecule has 2 aromatic rings. The van der Waals surface area contributed by atoms with Crippen molar-refractivity contribution in [3.8, 4) is 5.75 Å². The van der Waals surface area contributed by atoms with Crippen LogP contribution in [0.1, 0.15) is 24.3 Å². The first-order valence-corrected chi connectivity index (χ1v) is 7.80. The summed E-state index contributed by atoms with van der Waals surface area (Å²) in [7, 11) is 1.59. The summed E-state index contributed by atoms with van der Waals surface area (Å²) in [4.78, 5) is 0. The van der Waals surface area contributed by atoms with Crippen molar-refractivity contribution in [2.45, 2.75) is 24.8 Å². The Morgan fingerprint density at radius 3 is 2.52 bits per heavy atom. The number of benzene rings is 2. The van der Waals surface area contributed by atoms with E-state index >= 15 is 0 Å². The summed E-state index contributed by atoms with van der Waals surface area (Å²) in [5.41, 5.74) is 1.87. The number of ether oxygens (including phenoxy) is 1. The molecule has 0 spiro atoms. The molecule has 21 heavy (non-hydrogen) atoms. The number of hydrogen-bond donors (Lipinski definition) is 1. The first-order chi connectivity index (χ1) is 10.2. The number of methoxy groups -OCH3 is 1. The van der Waals surface area contributed by atoms with E-state index in [4.69, 9.17) is 4.74 Å². The third kappa shape index (κ3) is 3.21. The van der Waals surface area contributed by atoms with Gasteiger partial charge in [-0.2, -0.15) is 0 Å². The van der Waals surface area contributed by atoms with Crippen LogP contribution < -0.4 is 10.1 Å². The average Bonchev–Trinajstić information content (AvgIpc) is 2.45. The zero-order valence-corrected chi connectivity index (χ0v) is 13.4. The van der Waals surface area contributed by atoms with Crippen LogP contribution in [0, 0.1) is 5.82 Å². The highest BCUT2D eigenvalue weighted by Crippen LogP contribution is 2.39. The van der Waals surface area contributed by atoms with Gasteiger partial charge in [-0.25, -0.2) is 4.39 Å². The Morgan fingerprint density at radius 2 is 1.86 bits per heavy atom. The summed E-state index contributed by atoms with van der Waals surface area (Å²) in [6.07, 6.45) is 2.05. The van der Waals surface area contributed by atoms with E-state index in [-0.39, 0.29) is 5.82 Å². The predicted molar refractivity (Wildman–Crippen MR) is 86.5 cm³/mol. The lowest BCUT2D eigenvalue weighted by Crippen LogP contribution is -2.34. The molecule has 1 aliphatic rings. The number of anilines is 1. The second-order valence-electron chi connectivity index (χ2n) is 5.41. The Morgan fingerprint density at radius 1 is 1.14 bits per heavy atom. The summed E-state index contributed by atoms with van der Waals surface area (Å²) in [5, 5.41) is 3.27. The van der Waals surface area contributed by atoms with Crippen LogP contribution in [-0.4, -0.2) is 13.2 Å². The number of rotatable bonds is 4. The van der Waals surface area contributed by atoms with Crippen LogP contribution in [0.15, 0.2) is 46.9 Å². The summed E-state index contributed by atoms with van der Waals surface area (Å²) in [6.45, 7) is 0. The molecule has 0 saturated heterocycles. The minimum Gasteiger partial charge on any atom is -0.497 e. The first-order valence-electron chi connectivity index (χ1n) is 7.01. The van der Waals surface area contributed by atoms with Crippen molar-refractivity contribution in [3.05, 3.63) is 58.3 Å². The van der Waals surface area contributed by atoms with Crippen LogP contribution in [0.5, 0.6) is 5.75 Å². The Hall–Kier alpha value is -1.55. The molecular weight excluding hydrogens is 333 g/mol. The third-order valence-corrected chi connectivity index (χ3v) is 4.54. The van der Waals surface area contributed by atoms with E-state index < -0.39 is 0 Å². The van der Waals surface area contributed by atoms with Crippen LogP contribution in [0.3, 0.4) is 0 Å². The molecule has 0 radical (unpaired) electrons. The molecule has 1 saturated carbocycles. The molecule has 1 aliphatic carbocycles. The lowest BCUT2D eigenvalue weighted by Gasteiger charge is -2.37. The average molecular weight is 350 g/mol. The van der Waals surface area contributed by atoms with E-state index in [9.17, 15) is 4.39 Å². The second-order valence-corrected chi connectivity index (χ2v) is 6.32. The zero-order valence-electron chi connectivity index (χ0n) is 11.8. The fraction of sp³-hybridized carbons (Fsp3) is 0.294. The minimum atomic E-state index is -0.233. The number of hydrogen-bond acceptors (Lipinski definition) is 2. The Balaban J connectivity index is 1.61. The van der Waals surface area contributed by atoms with Crippen LogP contribution in [-0.2, 0) is 0 Å².